The summed E-state index contributed by atoms with van der Waals surface area (Å²) in [4.78, 5) is 25.8. The number of aryl methyl sites for hydroxylation is 1. The molecule has 0 radical (unpaired) electrons. The lowest BCUT2D eigenvalue weighted by Crippen LogP contribution is -2.47. The van der Waals surface area contributed by atoms with Crippen molar-refractivity contribution in [1.29, 1.82) is 0 Å². The van der Waals surface area contributed by atoms with E-state index in [4.69, 9.17) is 5.11 Å². The quantitative estimate of drug-likeness (QED) is 0.343. The van der Waals surface area contributed by atoms with E-state index in [-0.39, 0.29) is 49.6 Å². The van der Waals surface area contributed by atoms with E-state index in [1.54, 1.807) is 40.6 Å². The second-order valence-corrected chi connectivity index (χ2v) is 9.10. The van der Waals surface area contributed by atoms with Gasteiger partial charge in [-0.15, -0.1) is 0 Å². The molecule has 1 aliphatic rings. The van der Waals surface area contributed by atoms with Gasteiger partial charge in [-0.2, -0.15) is 8.78 Å². The molecule has 0 amide bonds. The Balaban J connectivity index is 1.43. The highest BCUT2D eigenvalue weighted by Gasteiger charge is 2.42. The topological polar surface area (TPSA) is 92.9 Å². The molecule has 38 heavy (non-hydrogen) atoms. The molecule has 0 atom stereocenters. The molecule has 4 heterocycles. The van der Waals surface area contributed by atoms with Crippen molar-refractivity contribution in [2.45, 2.75) is 38.5 Å². The van der Waals surface area contributed by atoms with Gasteiger partial charge in [0.1, 0.15) is 17.2 Å². The number of imidazole rings is 1. The Morgan fingerprint density at radius 1 is 1.18 bits per heavy atom. The number of benzene rings is 1. The number of pyridine rings is 1. The van der Waals surface area contributed by atoms with Crippen LogP contribution in [0, 0.1) is 12.7 Å². The normalized spacial score (nSPS) is 15.3. The smallest absolute Gasteiger partial charge is 0.387 e. The van der Waals surface area contributed by atoms with Crippen molar-refractivity contribution in [3.05, 3.63) is 71.7 Å². The number of aliphatic carboxylic acids is 1. The van der Waals surface area contributed by atoms with Crippen molar-refractivity contribution in [2.75, 3.05) is 18.0 Å². The Hall–Kier alpha value is -4.22. The second-order valence-electron chi connectivity index (χ2n) is 9.10. The van der Waals surface area contributed by atoms with Gasteiger partial charge in [0, 0.05) is 79.4 Å². The predicted molar refractivity (Wildman–Crippen MR) is 130 cm³/mol. The molecule has 1 fully saturated rings. The minimum atomic E-state index is -2.97. The molecule has 0 saturated carbocycles. The average molecular weight is 529 g/mol. The molecule has 0 unspecified atom stereocenters. The van der Waals surface area contributed by atoms with E-state index < -0.39 is 24.1 Å². The van der Waals surface area contributed by atoms with Gasteiger partial charge in [0.15, 0.2) is 0 Å². The molecule has 1 saturated heterocycles. The van der Waals surface area contributed by atoms with Crippen LogP contribution in [0.4, 0.5) is 23.5 Å². The zero-order valence-corrected chi connectivity index (χ0v) is 20.2. The fourth-order valence-electron chi connectivity index (χ4n) is 4.60. The first-order chi connectivity index (χ1) is 18.1. The van der Waals surface area contributed by atoms with E-state index in [2.05, 4.69) is 19.7 Å². The largest absolute Gasteiger partial charge is 0.479 e. The number of halogens is 4. The zero-order valence-electron chi connectivity index (χ0n) is 20.2. The molecule has 8 nitrogen and oxygen atoms in total. The Kier molecular flexibility index (Phi) is 6.64. The van der Waals surface area contributed by atoms with Crippen LogP contribution < -0.4 is 9.64 Å². The van der Waals surface area contributed by atoms with Crippen molar-refractivity contribution in [2.24, 2.45) is 0 Å². The second kappa shape index (κ2) is 9.92. The minimum absolute atomic E-state index is 0.0502. The number of ether oxygens (including phenoxy) is 1. The standard InChI is InChI=1S/C26H23F4N5O3/c1-15-20(10-16-4-2-3-5-21(16)38-24(28)29)35-14-18(19(27)11-22(35)33-15)17-12-31-25(32-13-17)34-8-6-26(30,7-9-34)23(36)37/h2-5,11-14,24H,6-10H2,1H3,(H,36,37). The van der Waals surface area contributed by atoms with Gasteiger partial charge in [-0.25, -0.2) is 28.5 Å². The number of nitrogens with zero attached hydrogens (tertiary/aromatic N) is 5. The van der Waals surface area contributed by atoms with Crippen LogP contribution in [0.25, 0.3) is 16.8 Å². The first-order valence-corrected chi connectivity index (χ1v) is 11.8. The molecule has 5 rings (SSSR count). The summed E-state index contributed by atoms with van der Waals surface area (Å²) >= 11 is 0. The van der Waals surface area contributed by atoms with Crippen molar-refractivity contribution >= 4 is 17.6 Å². The molecule has 12 heteroatoms. The highest BCUT2D eigenvalue weighted by molar-refractivity contribution is 5.77. The van der Waals surface area contributed by atoms with Crippen LogP contribution >= 0.6 is 0 Å². The predicted octanol–water partition coefficient (Wildman–Crippen LogP) is 4.82. The fraction of sp³-hybridized carbons (Fsp3) is 0.308. The number of hydrogen-bond donors (Lipinski definition) is 1. The third-order valence-corrected chi connectivity index (χ3v) is 6.73. The van der Waals surface area contributed by atoms with Crippen LogP contribution in [0.5, 0.6) is 5.75 Å². The molecular weight excluding hydrogens is 506 g/mol. The van der Waals surface area contributed by atoms with Crippen molar-refractivity contribution in [1.82, 2.24) is 19.4 Å². The van der Waals surface area contributed by atoms with Gasteiger partial charge in [-0.05, 0) is 13.0 Å². The lowest BCUT2D eigenvalue weighted by atomic mass is 9.94. The third-order valence-electron chi connectivity index (χ3n) is 6.73. The fourth-order valence-corrected chi connectivity index (χ4v) is 4.60. The zero-order chi connectivity index (χ0) is 27.0. The molecule has 0 spiro atoms. The molecule has 1 N–H and O–H groups in total. The van der Waals surface area contributed by atoms with Gasteiger partial charge in [0.05, 0.1) is 5.69 Å². The van der Waals surface area contributed by atoms with Crippen LogP contribution in [-0.2, 0) is 11.2 Å². The summed E-state index contributed by atoms with van der Waals surface area (Å²) in [6, 6.07) is 7.73. The van der Waals surface area contributed by atoms with Gasteiger partial charge in [-0.3, -0.25) is 0 Å². The number of piperidine rings is 1. The third kappa shape index (κ3) is 4.85. The summed E-state index contributed by atoms with van der Waals surface area (Å²) in [5, 5.41) is 9.07. The van der Waals surface area contributed by atoms with Crippen molar-refractivity contribution in [3.8, 4) is 16.9 Å². The number of fused-ring (bicyclic) bond motifs is 1. The first-order valence-electron chi connectivity index (χ1n) is 11.8. The van der Waals surface area contributed by atoms with Crippen LogP contribution in [0.1, 0.15) is 29.8 Å². The Morgan fingerprint density at radius 2 is 1.87 bits per heavy atom. The molecule has 0 bridgehead atoms. The number of anilines is 1. The average Bonchev–Trinajstić information content (AvgIpc) is 3.18. The van der Waals surface area contributed by atoms with E-state index in [1.807, 2.05) is 0 Å². The summed E-state index contributed by atoms with van der Waals surface area (Å²) in [6.07, 6.45) is 4.28. The summed E-state index contributed by atoms with van der Waals surface area (Å²) in [7, 11) is 0. The van der Waals surface area contributed by atoms with E-state index in [9.17, 15) is 18.0 Å². The van der Waals surface area contributed by atoms with Gasteiger partial charge < -0.3 is 19.1 Å². The van der Waals surface area contributed by atoms with E-state index in [1.165, 1.54) is 24.5 Å². The molecule has 1 aliphatic heterocycles. The number of aromatic nitrogens is 4. The maximum Gasteiger partial charge on any atom is 0.387 e. The summed E-state index contributed by atoms with van der Waals surface area (Å²) in [5.74, 6) is -1.68. The molecule has 3 aromatic heterocycles. The summed E-state index contributed by atoms with van der Waals surface area (Å²) in [5.41, 5.74) is 0.479. The molecule has 1 aromatic carbocycles. The minimum Gasteiger partial charge on any atom is -0.479 e. The van der Waals surface area contributed by atoms with Crippen LogP contribution in [0.3, 0.4) is 0 Å². The molecule has 0 aliphatic carbocycles. The van der Waals surface area contributed by atoms with Crippen LogP contribution in [-0.4, -0.2) is 55.8 Å². The lowest BCUT2D eigenvalue weighted by molar-refractivity contribution is -0.152. The van der Waals surface area contributed by atoms with Gasteiger partial charge in [0.2, 0.25) is 11.6 Å². The van der Waals surface area contributed by atoms with Crippen molar-refractivity contribution in [3.63, 3.8) is 0 Å². The maximum atomic E-state index is 15.1. The van der Waals surface area contributed by atoms with E-state index in [0.717, 1.165) is 0 Å². The Bertz CT molecular complexity index is 1480. The van der Waals surface area contributed by atoms with E-state index in [0.29, 0.717) is 28.2 Å². The number of carboxylic acid groups (broad SMARTS) is 1. The monoisotopic (exact) mass is 529 g/mol. The van der Waals surface area contributed by atoms with E-state index >= 15 is 4.39 Å². The first kappa shape index (κ1) is 25.4. The number of carbonyl (C=O) groups is 1. The van der Waals surface area contributed by atoms with Gasteiger partial charge in [-0.1, -0.05) is 18.2 Å². The molecular formula is C26H23F4N5O3. The van der Waals surface area contributed by atoms with Crippen LogP contribution in [0.2, 0.25) is 0 Å². The highest BCUT2D eigenvalue weighted by Crippen LogP contribution is 2.31. The van der Waals surface area contributed by atoms with Gasteiger partial charge in [0.25, 0.3) is 0 Å². The summed E-state index contributed by atoms with van der Waals surface area (Å²) < 4.78 is 61.5. The Labute approximate surface area is 214 Å². The highest BCUT2D eigenvalue weighted by atomic mass is 19.3. The number of para-hydroxylation sites is 1. The number of alkyl halides is 3. The SMILES string of the molecule is Cc1nc2cc(F)c(-c3cnc(N4CCC(F)(C(=O)O)CC4)nc3)cn2c1Cc1ccccc1OC(F)F. The molecule has 198 valence electrons. The lowest BCUT2D eigenvalue weighted by Gasteiger charge is -2.33. The maximum absolute atomic E-state index is 15.1. The number of rotatable bonds is 7. The van der Waals surface area contributed by atoms with Crippen LogP contribution in [0.15, 0.2) is 48.9 Å². The molecule has 4 aromatic rings. The number of carboxylic acids is 1. The van der Waals surface area contributed by atoms with Crippen molar-refractivity contribution < 1.29 is 32.2 Å². The summed E-state index contributed by atoms with van der Waals surface area (Å²) in [6.45, 7) is -0.943. The van der Waals surface area contributed by atoms with Gasteiger partial charge >= 0.3 is 12.6 Å². The number of hydrogen-bond acceptors (Lipinski definition) is 6. The Morgan fingerprint density at radius 3 is 2.53 bits per heavy atom.